The molecule has 3 rings (SSSR count). The van der Waals surface area contributed by atoms with Crippen LogP contribution in [0, 0.1) is 6.92 Å². The molecule has 1 amide bonds. The van der Waals surface area contributed by atoms with E-state index in [1.165, 1.54) is 11.3 Å². The minimum atomic E-state index is 0.0317. The van der Waals surface area contributed by atoms with Crippen LogP contribution in [0.4, 0.5) is 5.69 Å². The number of aromatic nitrogens is 2. The zero-order chi connectivity index (χ0) is 15.7. The number of rotatable bonds is 3. The van der Waals surface area contributed by atoms with Gasteiger partial charge in [0.05, 0.1) is 5.51 Å². The molecule has 22 heavy (non-hydrogen) atoms. The predicted octanol–water partition coefficient (Wildman–Crippen LogP) is 2.54. The van der Waals surface area contributed by atoms with Crippen LogP contribution in [0.3, 0.4) is 0 Å². The molecule has 1 aliphatic heterocycles. The Balaban J connectivity index is 1.77. The fraction of sp³-hybridized carbons (Fsp3) is 0.438. The average Bonchev–Trinajstić information content (AvgIpc) is 3.17. The molecule has 3 heterocycles. The number of carbonyl (C=O) groups excluding carboxylic acids is 1. The molecule has 0 unspecified atom stereocenters. The number of carbonyl (C=O) groups is 1. The van der Waals surface area contributed by atoms with Gasteiger partial charge in [0, 0.05) is 55.6 Å². The van der Waals surface area contributed by atoms with Gasteiger partial charge in [0.2, 0.25) is 0 Å². The van der Waals surface area contributed by atoms with Gasteiger partial charge in [0.25, 0.3) is 5.91 Å². The van der Waals surface area contributed by atoms with Crippen LogP contribution in [0.25, 0.3) is 0 Å². The number of hydrogen-bond donors (Lipinski definition) is 0. The molecule has 0 N–H and O–H groups in total. The van der Waals surface area contributed by atoms with E-state index in [-0.39, 0.29) is 5.91 Å². The lowest BCUT2D eigenvalue weighted by atomic mass is 10.0. The van der Waals surface area contributed by atoms with Crippen molar-refractivity contribution in [2.75, 3.05) is 32.1 Å². The SMILES string of the molecule is Cc1cc(N(C)C)cc([C@@H]2CCN(C(=O)c3cscn3)C2)n1. The minimum absolute atomic E-state index is 0.0317. The first kappa shape index (κ1) is 15.0. The third-order valence-electron chi connectivity index (χ3n) is 4.02. The Kier molecular flexibility index (Phi) is 4.11. The summed E-state index contributed by atoms with van der Waals surface area (Å²) in [6.45, 7) is 3.51. The highest BCUT2D eigenvalue weighted by molar-refractivity contribution is 7.07. The van der Waals surface area contributed by atoms with Crippen LogP contribution in [0.1, 0.15) is 34.2 Å². The Labute approximate surface area is 134 Å². The van der Waals surface area contributed by atoms with Crippen molar-refractivity contribution in [3.63, 3.8) is 0 Å². The van der Waals surface area contributed by atoms with Gasteiger partial charge in [-0.3, -0.25) is 9.78 Å². The van der Waals surface area contributed by atoms with Gasteiger partial charge in [0.1, 0.15) is 5.69 Å². The van der Waals surface area contributed by atoms with Crippen molar-refractivity contribution >= 4 is 22.9 Å². The van der Waals surface area contributed by atoms with Gasteiger partial charge in [-0.25, -0.2) is 4.98 Å². The molecule has 0 spiro atoms. The highest BCUT2D eigenvalue weighted by atomic mass is 32.1. The molecule has 116 valence electrons. The molecule has 0 aliphatic carbocycles. The summed E-state index contributed by atoms with van der Waals surface area (Å²) in [5.41, 5.74) is 5.51. The average molecular weight is 316 g/mol. The van der Waals surface area contributed by atoms with E-state index in [0.717, 1.165) is 36.6 Å². The van der Waals surface area contributed by atoms with Gasteiger partial charge in [-0.1, -0.05) is 0 Å². The lowest BCUT2D eigenvalue weighted by Gasteiger charge is -2.18. The summed E-state index contributed by atoms with van der Waals surface area (Å²) in [5, 5.41) is 1.81. The third-order valence-corrected chi connectivity index (χ3v) is 4.61. The van der Waals surface area contributed by atoms with Crippen LogP contribution in [-0.4, -0.2) is 48.0 Å². The van der Waals surface area contributed by atoms with Gasteiger partial charge in [0.15, 0.2) is 0 Å². The molecule has 0 aromatic carbocycles. The summed E-state index contributed by atoms with van der Waals surface area (Å²) in [6, 6.07) is 4.21. The first-order valence-electron chi connectivity index (χ1n) is 7.38. The van der Waals surface area contributed by atoms with Crippen molar-refractivity contribution in [1.29, 1.82) is 0 Å². The summed E-state index contributed by atoms with van der Waals surface area (Å²) in [6.07, 6.45) is 0.958. The molecule has 6 heteroatoms. The Bertz CT molecular complexity index is 669. The number of nitrogens with zero attached hydrogens (tertiary/aromatic N) is 4. The fourth-order valence-electron chi connectivity index (χ4n) is 2.81. The van der Waals surface area contributed by atoms with Crippen molar-refractivity contribution < 1.29 is 4.79 Å². The standard InChI is InChI=1S/C16H20N4OS/c1-11-6-13(19(2)3)7-14(18-11)12-4-5-20(8-12)16(21)15-9-22-10-17-15/h6-7,9-10,12H,4-5,8H2,1-3H3/t12-/m1/s1. The molecule has 1 fully saturated rings. The Morgan fingerprint density at radius 3 is 2.91 bits per heavy atom. The number of likely N-dealkylation sites (tertiary alicyclic amines) is 1. The van der Waals surface area contributed by atoms with E-state index in [1.54, 1.807) is 5.51 Å². The number of hydrogen-bond acceptors (Lipinski definition) is 5. The number of thiazole rings is 1. The lowest BCUT2D eigenvalue weighted by Crippen LogP contribution is -2.28. The molecule has 0 radical (unpaired) electrons. The largest absolute Gasteiger partial charge is 0.378 e. The van der Waals surface area contributed by atoms with Crippen LogP contribution < -0.4 is 4.90 Å². The molecule has 1 saturated heterocycles. The molecule has 0 saturated carbocycles. The maximum Gasteiger partial charge on any atom is 0.273 e. The van der Waals surface area contributed by atoms with E-state index in [9.17, 15) is 4.79 Å². The van der Waals surface area contributed by atoms with E-state index in [4.69, 9.17) is 0 Å². The minimum Gasteiger partial charge on any atom is -0.378 e. The predicted molar refractivity (Wildman–Crippen MR) is 88.7 cm³/mol. The van der Waals surface area contributed by atoms with Crippen LogP contribution in [0.5, 0.6) is 0 Å². The highest BCUT2D eigenvalue weighted by Gasteiger charge is 2.29. The highest BCUT2D eigenvalue weighted by Crippen LogP contribution is 2.29. The first-order chi connectivity index (χ1) is 10.5. The Morgan fingerprint density at radius 1 is 1.41 bits per heavy atom. The zero-order valence-corrected chi connectivity index (χ0v) is 13.9. The van der Waals surface area contributed by atoms with Crippen molar-refractivity contribution in [3.05, 3.63) is 40.1 Å². The van der Waals surface area contributed by atoms with E-state index in [2.05, 4.69) is 27.0 Å². The maximum atomic E-state index is 12.4. The normalized spacial score (nSPS) is 17.8. The Hall–Kier alpha value is -1.95. The van der Waals surface area contributed by atoms with Crippen molar-refractivity contribution in [2.45, 2.75) is 19.3 Å². The van der Waals surface area contributed by atoms with Crippen molar-refractivity contribution in [1.82, 2.24) is 14.9 Å². The maximum absolute atomic E-state index is 12.4. The van der Waals surface area contributed by atoms with Crippen LogP contribution in [0.15, 0.2) is 23.0 Å². The van der Waals surface area contributed by atoms with E-state index < -0.39 is 0 Å². The molecule has 5 nitrogen and oxygen atoms in total. The number of pyridine rings is 1. The second kappa shape index (κ2) is 6.04. The number of anilines is 1. The van der Waals surface area contributed by atoms with Crippen LogP contribution in [-0.2, 0) is 0 Å². The van der Waals surface area contributed by atoms with Crippen LogP contribution >= 0.6 is 11.3 Å². The third kappa shape index (κ3) is 2.97. The van der Waals surface area contributed by atoms with Gasteiger partial charge >= 0.3 is 0 Å². The summed E-state index contributed by atoms with van der Waals surface area (Å²) >= 11 is 1.45. The molecular formula is C16H20N4OS. The second-order valence-electron chi connectivity index (χ2n) is 5.90. The monoisotopic (exact) mass is 316 g/mol. The van der Waals surface area contributed by atoms with E-state index >= 15 is 0 Å². The molecular weight excluding hydrogens is 296 g/mol. The van der Waals surface area contributed by atoms with Crippen molar-refractivity contribution in [3.8, 4) is 0 Å². The van der Waals surface area contributed by atoms with Gasteiger partial charge < -0.3 is 9.80 Å². The first-order valence-corrected chi connectivity index (χ1v) is 8.32. The topological polar surface area (TPSA) is 49.3 Å². The van der Waals surface area contributed by atoms with Gasteiger partial charge in [-0.2, -0.15) is 0 Å². The summed E-state index contributed by atoms with van der Waals surface area (Å²) in [4.78, 5) is 25.1. The fourth-order valence-corrected chi connectivity index (χ4v) is 3.33. The summed E-state index contributed by atoms with van der Waals surface area (Å²) in [5.74, 6) is 0.338. The van der Waals surface area contributed by atoms with Crippen LogP contribution in [0.2, 0.25) is 0 Å². The Morgan fingerprint density at radius 2 is 2.23 bits per heavy atom. The summed E-state index contributed by atoms with van der Waals surface area (Å²) in [7, 11) is 4.07. The van der Waals surface area contributed by atoms with Crippen molar-refractivity contribution in [2.24, 2.45) is 0 Å². The molecule has 2 aromatic heterocycles. The molecule has 1 aliphatic rings. The molecule has 0 bridgehead atoms. The zero-order valence-electron chi connectivity index (χ0n) is 13.1. The number of aryl methyl sites for hydroxylation is 1. The van der Waals surface area contributed by atoms with E-state index in [0.29, 0.717) is 11.6 Å². The molecule has 2 aromatic rings. The quantitative estimate of drug-likeness (QED) is 0.873. The van der Waals surface area contributed by atoms with Gasteiger partial charge in [-0.05, 0) is 25.5 Å². The molecule has 1 atom stereocenters. The van der Waals surface area contributed by atoms with E-state index in [1.807, 2.05) is 31.3 Å². The second-order valence-corrected chi connectivity index (χ2v) is 6.62. The number of amides is 1. The van der Waals surface area contributed by atoms with Gasteiger partial charge in [-0.15, -0.1) is 11.3 Å². The summed E-state index contributed by atoms with van der Waals surface area (Å²) < 4.78 is 0. The lowest BCUT2D eigenvalue weighted by molar-refractivity contribution is 0.0785. The smallest absolute Gasteiger partial charge is 0.273 e.